The van der Waals surface area contributed by atoms with Gasteiger partial charge in [0.1, 0.15) is 0 Å². The van der Waals surface area contributed by atoms with Crippen molar-refractivity contribution in [3.63, 3.8) is 0 Å². The standard InChI is InChI=1S/C12H18/c1-2-6-12-8-4-3-7-11(5-1)9-10-12/h1-2,9-12H,3-8H2. The highest BCUT2D eigenvalue weighted by atomic mass is 14.2. The van der Waals surface area contributed by atoms with E-state index in [1.54, 1.807) is 0 Å². The van der Waals surface area contributed by atoms with Gasteiger partial charge in [-0.3, -0.25) is 0 Å². The van der Waals surface area contributed by atoms with Gasteiger partial charge in [-0.2, -0.15) is 0 Å². The quantitative estimate of drug-likeness (QED) is 0.476. The van der Waals surface area contributed by atoms with E-state index in [1.807, 2.05) is 0 Å². The third-order valence-corrected chi connectivity index (χ3v) is 3.10. The molecule has 0 spiro atoms. The van der Waals surface area contributed by atoms with Crippen molar-refractivity contribution in [2.24, 2.45) is 11.8 Å². The molecule has 2 atom stereocenters. The van der Waals surface area contributed by atoms with Crippen LogP contribution in [0.25, 0.3) is 0 Å². The van der Waals surface area contributed by atoms with E-state index in [0.29, 0.717) is 0 Å². The van der Waals surface area contributed by atoms with E-state index in [-0.39, 0.29) is 0 Å². The third kappa shape index (κ3) is 2.00. The van der Waals surface area contributed by atoms with Gasteiger partial charge in [0, 0.05) is 0 Å². The van der Waals surface area contributed by atoms with Crippen LogP contribution in [0.3, 0.4) is 0 Å². The van der Waals surface area contributed by atoms with Gasteiger partial charge in [-0.25, -0.2) is 0 Å². The van der Waals surface area contributed by atoms with Crippen LogP contribution < -0.4 is 0 Å². The minimum Gasteiger partial charge on any atom is -0.0879 e. The van der Waals surface area contributed by atoms with Crippen LogP contribution in [0.4, 0.5) is 0 Å². The van der Waals surface area contributed by atoms with Gasteiger partial charge >= 0.3 is 0 Å². The number of hydrogen-bond donors (Lipinski definition) is 0. The zero-order valence-electron chi connectivity index (χ0n) is 7.71. The molecule has 12 heavy (non-hydrogen) atoms. The van der Waals surface area contributed by atoms with Gasteiger partial charge in [-0.15, -0.1) is 0 Å². The summed E-state index contributed by atoms with van der Waals surface area (Å²) in [5.74, 6) is 1.70. The van der Waals surface area contributed by atoms with Crippen LogP contribution in [-0.2, 0) is 0 Å². The van der Waals surface area contributed by atoms with E-state index in [1.165, 1.54) is 38.5 Å². The molecule has 0 radical (unpaired) electrons. The number of allylic oxidation sites excluding steroid dienone is 4. The maximum atomic E-state index is 2.47. The molecule has 0 saturated carbocycles. The van der Waals surface area contributed by atoms with Crippen molar-refractivity contribution in [3.05, 3.63) is 24.3 Å². The Morgan fingerprint density at radius 2 is 1.25 bits per heavy atom. The van der Waals surface area contributed by atoms with E-state index < -0.39 is 0 Å². The average Bonchev–Trinajstić information content (AvgIpc) is 2.03. The molecule has 2 aliphatic carbocycles. The Labute approximate surface area is 75.4 Å². The molecule has 2 rings (SSSR count). The van der Waals surface area contributed by atoms with Crippen molar-refractivity contribution < 1.29 is 0 Å². The Morgan fingerprint density at radius 3 is 1.75 bits per heavy atom. The molecular weight excluding hydrogens is 144 g/mol. The van der Waals surface area contributed by atoms with Gasteiger partial charge in [0.15, 0.2) is 0 Å². The highest BCUT2D eigenvalue weighted by molar-refractivity contribution is 5.03. The van der Waals surface area contributed by atoms with Gasteiger partial charge in [0.05, 0.1) is 0 Å². The fraction of sp³-hybridized carbons (Fsp3) is 0.667. The topological polar surface area (TPSA) is 0 Å². The second kappa shape index (κ2) is 3.93. The molecule has 0 heteroatoms. The fourth-order valence-electron chi connectivity index (χ4n) is 2.25. The summed E-state index contributed by atoms with van der Waals surface area (Å²) in [5, 5.41) is 0. The van der Waals surface area contributed by atoms with Crippen LogP contribution in [0.2, 0.25) is 0 Å². The molecule has 0 aliphatic heterocycles. The second-order valence-electron chi connectivity index (χ2n) is 4.13. The van der Waals surface area contributed by atoms with Gasteiger partial charge in [0.2, 0.25) is 0 Å². The molecular formula is C12H18. The van der Waals surface area contributed by atoms with Crippen LogP contribution in [-0.4, -0.2) is 0 Å². The lowest BCUT2D eigenvalue weighted by Crippen LogP contribution is -2.05. The highest BCUT2D eigenvalue weighted by Gasteiger charge is 2.12. The smallest absolute Gasteiger partial charge is 0.0199 e. The van der Waals surface area contributed by atoms with Crippen LogP contribution in [0.5, 0.6) is 0 Å². The van der Waals surface area contributed by atoms with Crippen molar-refractivity contribution in [2.45, 2.75) is 38.5 Å². The molecule has 2 unspecified atom stereocenters. The Balaban J connectivity index is 2.10. The summed E-state index contributed by atoms with van der Waals surface area (Å²) in [7, 11) is 0. The first-order chi connectivity index (χ1) is 5.95. The van der Waals surface area contributed by atoms with Crippen LogP contribution in [0.15, 0.2) is 24.3 Å². The first-order valence-corrected chi connectivity index (χ1v) is 5.28. The van der Waals surface area contributed by atoms with E-state index >= 15 is 0 Å². The summed E-state index contributed by atoms with van der Waals surface area (Å²) in [4.78, 5) is 0. The van der Waals surface area contributed by atoms with Gasteiger partial charge in [0.25, 0.3) is 0 Å². The molecule has 2 aliphatic rings. The maximum Gasteiger partial charge on any atom is -0.0199 e. The zero-order valence-corrected chi connectivity index (χ0v) is 7.71. The van der Waals surface area contributed by atoms with Crippen LogP contribution in [0.1, 0.15) is 38.5 Å². The Hall–Kier alpha value is -0.520. The molecule has 0 amide bonds. The van der Waals surface area contributed by atoms with Gasteiger partial charge in [-0.05, 0) is 37.5 Å². The van der Waals surface area contributed by atoms with Crippen molar-refractivity contribution in [3.8, 4) is 0 Å². The summed E-state index contributed by atoms with van der Waals surface area (Å²) in [6.45, 7) is 0. The van der Waals surface area contributed by atoms with Crippen molar-refractivity contribution in [1.29, 1.82) is 0 Å². The lowest BCUT2D eigenvalue weighted by Gasteiger charge is -2.20. The maximum absolute atomic E-state index is 2.47. The summed E-state index contributed by atoms with van der Waals surface area (Å²) >= 11 is 0. The van der Waals surface area contributed by atoms with Gasteiger partial charge < -0.3 is 0 Å². The first-order valence-electron chi connectivity index (χ1n) is 5.28. The van der Waals surface area contributed by atoms with E-state index in [4.69, 9.17) is 0 Å². The summed E-state index contributed by atoms with van der Waals surface area (Å²) < 4.78 is 0. The molecule has 0 aromatic carbocycles. The molecule has 0 N–H and O–H groups in total. The third-order valence-electron chi connectivity index (χ3n) is 3.10. The highest BCUT2D eigenvalue weighted by Crippen LogP contribution is 2.27. The minimum absolute atomic E-state index is 0.851. The average molecular weight is 162 g/mol. The fourth-order valence-corrected chi connectivity index (χ4v) is 2.25. The summed E-state index contributed by atoms with van der Waals surface area (Å²) in [6, 6.07) is 0. The minimum atomic E-state index is 0.851. The van der Waals surface area contributed by atoms with Gasteiger partial charge in [-0.1, -0.05) is 37.1 Å². The van der Waals surface area contributed by atoms with Crippen LogP contribution >= 0.6 is 0 Å². The van der Waals surface area contributed by atoms with Crippen LogP contribution in [0, 0.1) is 11.8 Å². The predicted octanol–water partition coefficient (Wildman–Crippen LogP) is 3.70. The summed E-state index contributed by atoms with van der Waals surface area (Å²) in [6.07, 6.45) is 18.0. The van der Waals surface area contributed by atoms with E-state index in [2.05, 4.69) is 24.3 Å². The Bertz CT molecular complexity index is 168. The molecule has 0 aromatic rings. The zero-order chi connectivity index (χ0) is 8.23. The molecule has 0 aromatic heterocycles. The molecule has 0 saturated heterocycles. The predicted molar refractivity (Wildman–Crippen MR) is 53.0 cm³/mol. The number of fused-ring (bicyclic) bond motifs is 2. The SMILES string of the molecule is C1=CCC2C=CC(C1)CCCC2. The second-order valence-corrected chi connectivity index (χ2v) is 4.13. The normalized spacial score (nSPS) is 35.3. The van der Waals surface area contributed by atoms with E-state index in [0.717, 1.165) is 11.8 Å². The number of hydrogen-bond acceptors (Lipinski definition) is 0. The lowest BCUT2D eigenvalue weighted by molar-refractivity contribution is 0.463. The lowest BCUT2D eigenvalue weighted by atomic mass is 9.86. The Kier molecular flexibility index (Phi) is 2.65. The van der Waals surface area contributed by atoms with Crippen molar-refractivity contribution >= 4 is 0 Å². The first kappa shape index (κ1) is 8.10. The molecule has 0 nitrogen and oxygen atoms in total. The molecule has 0 heterocycles. The van der Waals surface area contributed by atoms with E-state index in [9.17, 15) is 0 Å². The van der Waals surface area contributed by atoms with Crippen molar-refractivity contribution in [1.82, 2.24) is 0 Å². The summed E-state index contributed by atoms with van der Waals surface area (Å²) in [5.41, 5.74) is 0. The monoisotopic (exact) mass is 162 g/mol. The molecule has 2 bridgehead atoms. The Morgan fingerprint density at radius 1 is 0.750 bits per heavy atom. The molecule has 0 fully saturated rings. The van der Waals surface area contributed by atoms with Crippen molar-refractivity contribution in [2.75, 3.05) is 0 Å². The largest absolute Gasteiger partial charge is 0.0879 e. The molecule has 66 valence electrons. The number of rotatable bonds is 0.